The summed E-state index contributed by atoms with van der Waals surface area (Å²) in [5.74, 6) is -0.517. The molecule has 6 heteroatoms. The molecular formula is C13H16N2O3S. The zero-order valence-corrected chi connectivity index (χ0v) is 11.4. The normalized spacial score (nSPS) is 16.3. The van der Waals surface area contributed by atoms with E-state index in [1.807, 2.05) is 0 Å². The van der Waals surface area contributed by atoms with Crippen molar-refractivity contribution in [1.29, 1.82) is 0 Å². The van der Waals surface area contributed by atoms with Gasteiger partial charge in [-0.25, -0.2) is 9.78 Å². The molecule has 0 bridgehead atoms. The smallest absolute Gasteiger partial charge is 0.355 e. The highest BCUT2D eigenvalue weighted by molar-refractivity contribution is 7.09. The van der Waals surface area contributed by atoms with Crippen molar-refractivity contribution in [2.45, 2.75) is 19.3 Å². The third kappa shape index (κ3) is 3.41. The van der Waals surface area contributed by atoms with Crippen molar-refractivity contribution in [2.75, 3.05) is 13.1 Å². The lowest BCUT2D eigenvalue weighted by Crippen LogP contribution is -2.37. The van der Waals surface area contributed by atoms with E-state index in [1.54, 1.807) is 10.3 Å². The fourth-order valence-electron chi connectivity index (χ4n) is 2.24. The van der Waals surface area contributed by atoms with E-state index in [4.69, 9.17) is 5.11 Å². The van der Waals surface area contributed by atoms with Gasteiger partial charge in [-0.3, -0.25) is 4.79 Å². The number of carboxylic acid groups (broad SMARTS) is 1. The monoisotopic (exact) mass is 280 g/mol. The van der Waals surface area contributed by atoms with Crippen LogP contribution in [-0.4, -0.2) is 40.0 Å². The highest BCUT2D eigenvalue weighted by atomic mass is 32.1. The molecule has 1 aromatic heterocycles. The number of likely N-dealkylation sites (tertiary alicyclic amines) is 1. The summed E-state index contributed by atoms with van der Waals surface area (Å²) in [7, 11) is 0. The van der Waals surface area contributed by atoms with Gasteiger partial charge in [-0.1, -0.05) is 6.58 Å². The minimum Gasteiger partial charge on any atom is -0.476 e. The van der Waals surface area contributed by atoms with Crippen molar-refractivity contribution in [1.82, 2.24) is 9.88 Å². The first-order valence-corrected chi connectivity index (χ1v) is 7.07. The Hall–Kier alpha value is -1.69. The van der Waals surface area contributed by atoms with Gasteiger partial charge in [0.05, 0.1) is 5.01 Å². The molecule has 1 aromatic rings. The Morgan fingerprint density at radius 3 is 2.74 bits per heavy atom. The molecule has 102 valence electrons. The quantitative estimate of drug-likeness (QED) is 0.854. The van der Waals surface area contributed by atoms with Crippen LogP contribution in [0.4, 0.5) is 0 Å². The van der Waals surface area contributed by atoms with E-state index < -0.39 is 5.97 Å². The van der Waals surface area contributed by atoms with Gasteiger partial charge in [0.1, 0.15) is 0 Å². The molecule has 1 aliphatic heterocycles. The highest BCUT2D eigenvalue weighted by Crippen LogP contribution is 2.23. The van der Waals surface area contributed by atoms with E-state index in [-0.39, 0.29) is 11.6 Å². The Balaban J connectivity index is 1.86. The van der Waals surface area contributed by atoms with Crippen molar-refractivity contribution < 1.29 is 14.7 Å². The van der Waals surface area contributed by atoms with Crippen LogP contribution in [0.3, 0.4) is 0 Å². The first-order chi connectivity index (χ1) is 9.10. The van der Waals surface area contributed by atoms with Gasteiger partial charge in [-0.05, 0) is 24.8 Å². The molecule has 19 heavy (non-hydrogen) atoms. The summed E-state index contributed by atoms with van der Waals surface area (Å²) < 4.78 is 0. The summed E-state index contributed by atoms with van der Waals surface area (Å²) in [6.07, 6.45) is 4.01. The molecule has 0 atom stereocenters. The number of thiazole rings is 1. The minimum absolute atomic E-state index is 0.0131. The second kappa shape index (κ2) is 5.97. The van der Waals surface area contributed by atoms with Crippen LogP contribution in [0.15, 0.2) is 18.0 Å². The number of amides is 1. The molecule has 1 amide bonds. The number of carboxylic acids is 1. The van der Waals surface area contributed by atoms with Gasteiger partial charge in [0.15, 0.2) is 5.69 Å². The lowest BCUT2D eigenvalue weighted by molar-refractivity contribution is -0.127. The Kier molecular flexibility index (Phi) is 4.31. The molecule has 2 rings (SSSR count). The Morgan fingerprint density at radius 2 is 2.21 bits per heavy atom. The number of hydrogen-bond donors (Lipinski definition) is 1. The fourth-order valence-corrected chi connectivity index (χ4v) is 3.12. The standard InChI is InChI=1S/C13H16N2O3S/c1-2-12(16)15-5-3-9(4-6-15)7-11-14-10(8-19-11)13(17)18/h2,8-9H,1,3-7H2,(H,17,18). The number of rotatable bonds is 4. The predicted molar refractivity (Wildman–Crippen MR) is 72.3 cm³/mol. The molecule has 1 fully saturated rings. The van der Waals surface area contributed by atoms with Crippen LogP contribution in [0.25, 0.3) is 0 Å². The van der Waals surface area contributed by atoms with Crippen LogP contribution in [-0.2, 0) is 11.2 Å². The Bertz CT molecular complexity index is 490. The Labute approximate surface area is 115 Å². The summed E-state index contributed by atoms with van der Waals surface area (Å²) in [5.41, 5.74) is 0.124. The van der Waals surface area contributed by atoms with E-state index in [9.17, 15) is 9.59 Å². The number of nitrogens with zero attached hydrogens (tertiary/aromatic N) is 2. The van der Waals surface area contributed by atoms with Crippen LogP contribution in [0.2, 0.25) is 0 Å². The van der Waals surface area contributed by atoms with Crippen molar-refractivity contribution >= 4 is 23.2 Å². The molecule has 1 saturated heterocycles. The van der Waals surface area contributed by atoms with Gasteiger partial charge < -0.3 is 10.0 Å². The molecule has 0 spiro atoms. The van der Waals surface area contributed by atoms with E-state index in [0.717, 1.165) is 37.4 Å². The van der Waals surface area contributed by atoms with Gasteiger partial charge in [-0.2, -0.15) is 0 Å². The van der Waals surface area contributed by atoms with Gasteiger partial charge >= 0.3 is 5.97 Å². The van der Waals surface area contributed by atoms with E-state index in [1.165, 1.54) is 17.4 Å². The summed E-state index contributed by atoms with van der Waals surface area (Å²) in [6.45, 7) is 4.97. The number of aromatic carboxylic acids is 1. The van der Waals surface area contributed by atoms with Crippen molar-refractivity contribution in [2.24, 2.45) is 5.92 Å². The zero-order chi connectivity index (χ0) is 13.8. The molecule has 0 aliphatic carbocycles. The van der Waals surface area contributed by atoms with Gasteiger partial charge in [0, 0.05) is 24.9 Å². The zero-order valence-electron chi connectivity index (χ0n) is 10.5. The SMILES string of the molecule is C=CC(=O)N1CCC(Cc2nc(C(=O)O)cs2)CC1. The van der Waals surface area contributed by atoms with Crippen LogP contribution in [0.5, 0.6) is 0 Å². The van der Waals surface area contributed by atoms with E-state index >= 15 is 0 Å². The second-order valence-corrected chi connectivity index (χ2v) is 5.55. The van der Waals surface area contributed by atoms with E-state index in [0.29, 0.717) is 5.92 Å². The third-order valence-corrected chi connectivity index (χ3v) is 4.21. The lowest BCUT2D eigenvalue weighted by atomic mass is 9.94. The number of carbonyl (C=O) groups is 2. The maximum absolute atomic E-state index is 11.4. The number of piperidine rings is 1. The molecule has 0 aromatic carbocycles. The maximum atomic E-state index is 11.4. The molecule has 0 radical (unpaired) electrons. The first-order valence-electron chi connectivity index (χ1n) is 6.19. The topological polar surface area (TPSA) is 70.5 Å². The summed E-state index contributed by atoms with van der Waals surface area (Å²) >= 11 is 1.39. The molecule has 5 nitrogen and oxygen atoms in total. The average Bonchev–Trinajstić information content (AvgIpc) is 2.87. The van der Waals surface area contributed by atoms with Gasteiger partial charge in [0.25, 0.3) is 0 Å². The summed E-state index contributed by atoms with van der Waals surface area (Å²) in [6, 6.07) is 0. The van der Waals surface area contributed by atoms with Gasteiger partial charge in [0.2, 0.25) is 5.91 Å². The molecule has 1 N–H and O–H groups in total. The van der Waals surface area contributed by atoms with Crippen molar-refractivity contribution in [3.8, 4) is 0 Å². The fraction of sp³-hybridized carbons (Fsp3) is 0.462. The van der Waals surface area contributed by atoms with Crippen LogP contribution in [0, 0.1) is 5.92 Å². The summed E-state index contributed by atoms with van der Waals surface area (Å²) in [4.78, 5) is 28.1. The van der Waals surface area contributed by atoms with Gasteiger partial charge in [-0.15, -0.1) is 11.3 Å². The molecule has 0 saturated carbocycles. The number of carbonyl (C=O) groups excluding carboxylic acids is 1. The lowest BCUT2D eigenvalue weighted by Gasteiger charge is -2.30. The van der Waals surface area contributed by atoms with Crippen LogP contribution in [0.1, 0.15) is 28.3 Å². The third-order valence-electron chi connectivity index (χ3n) is 3.33. The molecule has 0 unspecified atom stereocenters. The number of aromatic nitrogens is 1. The highest BCUT2D eigenvalue weighted by Gasteiger charge is 2.22. The van der Waals surface area contributed by atoms with Crippen molar-refractivity contribution in [3.63, 3.8) is 0 Å². The molecule has 1 aliphatic rings. The molecular weight excluding hydrogens is 264 g/mol. The van der Waals surface area contributed by atoms with Crippen LogP contribution >= 0.6 is 11.3 Å². The first kappa shape index (κ1) is 13.7. The largest absolute Gasteiger partial charge is 0.476 e. The minimum atomic E-state index is -0.978. The second-order valence-electron chi connectivity index (χ2n) is 4.61. The van der Waals surface area contributed by atoms with Crippen molar-refractivity contribution in [3.05, 3.63) is 28.7 Å². The average molecular weight is 280 g/mol. The Morgan fingerprint density at radius 1 is 1.53 bits per heavy atom. The summed E-state index contributed by atoms with van der Waals surface area (Å²) in [5, 5.41) is 11.3. The van der Waals surface area contributed by atoms with E-state index in [2.05, 4.69) is 11.6 Å². The number of hydrogen-bond acceptors (Lipinski definition) is 4. The van der Waals surface area contributed by atoms with Crippen LogP contribution < -0.4 is 0 Å². The molecule has 2 heterocycles. The predicted octanol–water partition coefficient (Wildman–Crippen LogP) is 1.81. The maximum Gasteiger partial charge on any atom is 0.355 e.